The number of hydrogen-bond acceptors (Lipinski definition) is 2. The van der Waals surface area contributed by atoms with Crippen molar-refractivity contribution < 1.29 is 13.6 Å². The van der Waals surface area contributed by atoms with Crippen LogP contribution in [-0.2, 0) is 4.79 Å². The third kappa shape index (κ3) is 4.41. The van der Waals surface area contributed by atoms with E-state index < -0.39 is 17.5 Å². The highest BCUT2D eigenvalue weighted by atomic mass is 79.9. The lowest BCUT2D eigenvalue weighted by atomic mass is 10.3. The van der Waals surface area contributed by atoms with E-state index in [2.05, 4.69) is 26.6 Å². The monoisotopic (exact) mass is 374 g/mol. The molecule has 0 aromatic heterocycles. The maximum Gasteiger partial charge on any atom is 0.243 e. The van der Waals surface area contributed by atoms with Gasteiger partial charge in [0.2, 0.25) is 5.91 Å². The second kappa shape index (κ2) is 6.87. The van der Waals surface area contributed by atoms with Crippen molar-refractivity contribution in [1.82, 2.24) is 0 Å². The average Bonchev–Trinajstić information content (AvgIpc) is 2.41. The highest BCUT2D eigenvalue weighted by Crippen LogP contribution is 2.22. The quantitative estimate of drug-likeness (QED) is 0.830. The molecular weight excluding hydrogens is 366 g/mol. The summed E-state index contributed by atoms with van der Waals surface area (Å²) in [6.07, 6.45) is 0. The number of carbonyl (C=O) groups excluding carboxylic acids is 1. The molecule has 0 heterocycles. The van der Waals surface area contributed by atoms with Gasteiger partial charge in [-0.15, -0.1) is 0 Å². The van der Waals surface area contributed by atoms with Gasteiger partial charge in [-0.3, -0.25) is 4.79 Å². The van der Waals surface area contributed by atoms with Crippen molar-refractivity contribution in [3.8, 4) is 0 Å². The lowest BCUT2D eigenvalue weighted by molar-refractivity contribution is -0.114. The van der Waals surface area contributed by atoms with E-state index in [1.807, 2.05) is 0 Å². The maximum atomic E-state index is 13.6. The van der Waals surface area contributed by atoms with Gasteiger partial charge in [-0.1, -0.05) is 27.5 Å². The van der Waals surface area contributed by atoms with Gasteiger partial charge < -0.3 is 10.6 Å². The minimum Gasteiger partial charge on any atom is -0.375 e. The largest absolute Gasteiger partial charge is 0.375 e. The van der Waals surface area contributed by atoms with E-state index in [0.717, 1.165) is 6.07 Å². The Bertz CT molecular complexity index is 682. The first kappa shape index (κ1) is 15.7. The summed E-state index contributed by atoms with van der Waals surface area (Å²) < 4.78 is 27.0. The lowest BCUT2D eigenvalue weighted by Gasteiger charge is -2.10. The summed E-state index contributed by atoms with van der Waals surface area (Å²) in [5.74, 6) is -1.46. The second-order valence-corrected chi connectivity index (χ2v) is 5.47. The number of nitrogens with one attached hydrogen (secondary N) is 2. The van der Waals surface area contributed by atoms with Crippen LogP contribution in [0.5, 0.6) is 0 Å². The molecule has 0 fully saturated rings. The van der Waals surface area contributed by atoms with Crippen LogP contribution in [0.4, 0.5) is 20.2 Å². The van der Waals surface area contributed by atoms with Crippen molar-refractivity contribution >= 4 is 44.8 Å². The zero-order chi connectivity index (χ0) is 15.4. The predicted molar refractivity (Wildman–Crippen MR) is 82.6 cm³/mol. The molecule has 0 saturated carbocycles. The molecule has 21 heavy (non-hydrogen) atoms. The number of rotatable bonds is 4. The Kier molecular flexibility index (Phi) is 5.14. The number of carbonyl (C=O) groups is 1. The molecule has 0 radical (unpaired) electrons. The van der Waals surface area contributed by atoms with Crippen LogP contribution in [0.2, 0.25) is 5.02 Å². The molecule has 7 heteroatoms. The second-order valence-electron chi connectivity index (χ2n) is 4.15. The Balaban J connectivity index is 1.96. The first-order chi connectivity index (χ1) is 9.95. The zero-order valence-corrected chi connectivity index (χ0v) is 12.9. The summed E-state index contributed by atoms with van der Waals surface area (Å²) in [7, 11) is 0. The molecule has 2 aromatic carbocycles. The van der Waals surface area contributed by atoms with Crippen LogP contribution in [0.1, 0.15) is 0 Å². The fraction of sp³-hybridized carbons (Fsp3) is 0.0714. The van der Waals surface area contributed by atoms with E-state index in [0.29, 0.717) is 10.2 Å². The molecular formula is C14H10BrClF2N2O. The third-order valence-electron chi connectivity index (χ3n) is 2.58. The Hall–Kier alpha value is -1.66. The van der Waals surface area contributed by atoms with Gasteiger partial charge in [-0.05, 0) is 36.4 Å². The summed E-state index contributed by atoms with van der Waals surface area (Å²) in [4.78, 5) is 11.7. The molecule has 110 valence electrons. The van der Waals surface area contributed by atoms with Crippen LogP contribution < -0.4 is 10.6 Å². The SMILES string of the molecule is O=C(CNc1ccc(F)cc1Cl)Nc1ccc(Br)cc1F. The third-order valence-corrected chi connectivity index (χ3v) is 3.38. The summed E-state index contributed by atoms with van der Waals surface area (Å²) in [6, 6.07) is 8.09. The molecule has 0 saturated heterocycles. The molecule has 0 spiro atoms. The van der Waals surface area contributed by atoms with Crippen LogP contribution in [0.3, 0.4) is 0 Å². The summed E-state index contributed by atoms with van der Waals surface area (Å²) in [6.45, 7) is -0.124. The van der Waals surface area contributed by atoms with Crippen LogP contribution in [0.25, 0.3) is 0 Å². The van der Waals surface area contributed by atoms with Gasteiger partial charge in [0.25, 0.3) is 0 Å². The number of hydrogen-bond donors (Lipinski definition) is 2. The topological polar surface area (TPSA) is 41.1 Å². The van der Waals surface area contributed by atoms with Gasteiger partial charge >= 0.3 is 0 Å². The van der Waals surface area contributed by atoms with E-state index in [1.165, 1.54) is 24.3 Å². The number of anilines is 2. The maximum absolute atomic E-state index is 13.6. The standard InChI is InChI=1S/C14H10BrClF2N2O/c15-8-1-3-13(11(18)5-8)20-14(21)7-19-12-4-2-9(17)6-10(12)16/h1-6,19H,7H2,(H,20,21). The van der Waals surface area contributed by atoms with Crippen molar-refractivity contribution in [2.75, 3.05) is 17.2 Å². The minimum atomic E-state index is -0.544. The number of amides is 1. The molecule has 0 atom stereocenters. The van der Waals surface area contributed by atoms with E-state index in [1.54, 1.807) is 6.07 Å². The lowest BCUT2D eigenvalue weighted by Crippen LogP contribution is -2.22. The Morgan fingerprint density at radius 1 is 1.14 bits per heavy atom. The van der Waals surface area contributed by atoms with E-state index >= 15 is 0 Å². The van der Waals surface area contributed by atoms with Gasteiger partial charge in [0, 0.05) is 4.47 Å². The van der Waals surface area contributed by atoms with Crippen LogP contribution in [0, 0.1) is 11.6 Å². The molecule has 2 rings (SSSR count). The van der Waals surface area contributed by atoms with Crippen molar-refractivity contribution in [1.29, 1.82) is 0 Å². The molecule has 0 aliphatic rings. The van der Waals surface area contributed by atoms with Crippen LogP contribution >= 0.6 is 27.5 Å². The fourth-order valence-electron chi connectivity index (χ4n) is 1.59. The number of halogens is 4. The van der Waals surface area contributed by atoms with Gasteiger partial charge in [0.05, 0.1) is 22.9 Å². The molecule has 2 N–H and O–H groups in total. The van der Waals surface area contributed by atoms with E-state index in [9.17, 15) is 13.6 Å². The fourth-order valence-corrected chi connectivity index (χ4v) is 2.16. The first-order valence-corrected chi connectivity index (χ1v) is 7.06. The first-order valence-electron chi connectivity index (χ1n) is 5.89. The Morgan fingerprint density at radius 3 is 2.52 bits per heavy atom. The highest BCUT2D eigenvalue weighted by Gasteiger charge is 2.08. The zero-order valence-electron chi connectivity index (χ0n) is 10.6. The molecule has 1 amide bonds. The van der Waals surface area contributed by atoms with E-state index in [4.69, 9.17) is 11.6 Å². The number of benzene rings is 2. The normalized spacial score (nSPS) is 10.3. The highest BCUT2D eigenvalue weighted by molar-refractivity contribution is 9.10. The van der Waals surface area contributed by atoms with Gasteiger partial charge in [0.15, 0.2) is 0 Å². The predicted octanol–water partition coefficient (Wildman–Crippen LogP) is 4.43. The molecule has 0 aliphatic heterocycles. The van der Waals surface area contributed by atoms with Crippen molar-refractivity contribution in [3.05, 3.63) is 57.5 Å². The van der Waals surface area contributed by atoms with E-state index in [-0.39, 0.29) is 17.3 Å². The molecule has 0 bridgehead atoms. The molecule has 3 nitrogen and oxygen atoms in total. The smallest absolute Gasteiger partial charge is 0.243 e. The van der Waals surface area contributed by atoms with Crippen LogP contribution in [0.15, 0.2) is 40.9 Å². The molecule has 2 aromatic rings. The van der Waals surface area contributed by atoms with Crippen LogP contribution in [-0.4, -0.2) is 12.5 Å². The van der Waals surface area contributed by atoms with Crippen molar-refractivity contribution in [2.45, 2.75) is 0 Å². The van der Waals surface area contributed by atoms with Gasteiger partial charge in [-0.2, -0.15) is 0 Å². The van der Waals surface area contributed by atoms with Crippen molar-refractivity contribution in [2.24, 2.45) is 0 Å². The van der Waals surface area contributed by atoms with Gasteiger partial charge in [0.1, 0.15) is 11.6 Å². The summed E-state index contributed by atoms with van der Waals surface area (Å²) >= 11 is 8.94. The Morgan fingerprint density at radius 2 is 1.86 bits per heavy atom. The van der Waals surface area contributed by atoms with Crippen molar-refractivity contribution in [3.63, 3.8) is 0 Å². The summed E-state index contributed by atoms with van der Waals surface area (Å²) in [5.41, 5.74) is 0.500. The Labute approximate surface area is 133 Å². The summed E-state index contributed by atoms with van der Waals surface area (Å²) in [5, 5.41) is 5.34. The molecule has 0 unspecified atom stereocenters. The van der Waals surface area contributed by atoms with Gasteiger partial charge in [-0.25, -0.2) is 8.78 Å². The average molecular weight is 376 g/mol. The molecule has 0 aliphatic carbocycles. The minimum absolute atomic E-state index is 0.0789.